The minimum atomic E-state index is 0.596. The number of halogens is 1. The molecule has 0 radical (unpaired) electrons. The van der Waals surface area contributed by atoms with E-state index in [1.165, 1.54) is 21.5 Å². The first-order valence-corrected chi connectivity index (χ1v) is 7.08. The standard InChI is InChI=1S/C12H18BrNS/c1-10(2)14-8-5-9-15-12-7-4-3-6-11(12)13/h3-4,6-7,10,14H,5,8-9H2,1-2H3. The van der Waals surface area contributed by atoms with Gasteiger partial charge in [0.1, 0.15) is 0 Å². The van der Waals surface area contributed by atoms with E-state index in [1.807, 2.05) is 11.8 Å². The summed E-state index contributed by atoms with van der Waals surface area (Å²) in [7, 11) is 0. The van der Waals surface area contributed by atoms with E-state index in [9.17, 15) is 0 Å². The third-order valence-electron chi connectivity index (χ3n) is 1.97. The molecular weight excluding hydrogens is 270 g/mol. The summed E-state index contributed by atoms with van der Waals surface area (Å²) in [6, 6.07) is 8.98. The van der Waals surface area contributed by atoms with Gasteiger partial charge in [-0.25, -0.2) is 0 Å². The summed E-state index contributed by atoms with van der Waals surface area (Å²) < 4.78 is 1.20. The summed E-state index contributed by atoms with van der Waals surface area (Å²) >= 11 is 5.46. The Morgan fingerprint density at radius 1 is 1.33 bits per heavy atom. The van der Waals surface area contributed by atoms with E-state index in [2.05, 4.69) is 59.4 Å². The van der Waals surface area contributed by atoms with Crippen molar-refractivity contribution in [2.24, 2.45) is 0 Å². The van der Waals surface area contributed by atoms with Gasteiger partial charge in [-0.05, 0) is 46.8 Å². The highest BCUT2D eigenvalue weighted by Crippen LogP contribution is 2.27. The lowest BCUT2D eigenvalue weighted by atomic mass is 10.4. The molecule has 1 nitrogen and oxygen atoms in total. The summed E-state index contributed by atoms with van der Waals surface area (Å²) in [6.45, 7) is 5.47. The quantitative estimate of drug-likeness (QED) is 0.629. The van der Waals surface area contributed by atoms with Crippen molar-refractivity contribution in [2.45, 2.75) is 31.2 Å². The molecular formula is C12H18BrNS. The molecule has 1 rings (SSSR count). The average molecular weight is 288 g/mol. The molecule has 15 heavy (non-hydrogen) atoms. The molecule has 1 N–H and O–H groups in total. The van der Waals surface area contributed by atoms with E-state index in [-0.39, 0.29) is 0 Å². The van der Waals surface area contributed by atoms with Crippen molar-refractivity contribution in [3.8, 4) is 0 Å². The molecule has 0 aliphatic rings. The van der Waals surface area contributed by atoms with Gasteiger partial charge in [-0.1, -0.05) is 26.0 Å². The molecule has 0 aliphatic heterocycles. The summed E-state index contributed by atoms with van der Waals surface area (Å²) in [5.74, 6) is 1.17. The number of thioether (sulfide) groups is 1. The normalized spacial score (nSPS) is 10.9. The highest BCUT2D eigenvalue weighted by molar-refractivity contribution is 9.10. The van der Waals surface area contributed by atoms with E-state index in [4.69, 9.17) is 0 Å². The minimum Gasteiger partial charge on any atom is -0.315 e. The highest BCUT2D eigenvalue weighted by Gasteiger charge is 1.98. The van der Waals surface area contributed by atoms with Gasteiger partial charge in [0.25, 0.3) is 0 Å². The molecule has 84 valence electrons. The molecule has 0 fully saturated rings. The molecule has 0 aliphatic carbocycles. The van der Waals surface area contributed by atoms with Crippen LogP contribution in [-0.2, 0) is 0 Å². The molecule has 0 saturated heterocycles. The first-order chi connectivity index (χ1) is 7.20. The lowest BCUT2D eigenvalue weighted by Gasteiger charge is -2.07. The van der Waals surface area contributed by atoms with E-state index >= 15 is 0 Å². The molecule has 0 spiro atoms. The molecule has 0 aromatic heterocycles. The van der Waals surface area contributed by atoms with Crippen LogP contribution in [0, 0.1) is 0 Å². The van der Waals surface area contributed by atoms with Gasteiger partial charge in [-0.15, -0.1) is 11.8 Å². The number of hydrogen-bond acceptors (Lipinski definition) is 2. The molecule has 0 saturated carbocycles. The van der Waals surface area contributed by atoms with E-state index < -0.39 is 0 Å². The van der Waals surface area contributed by atoms with Crippen molar-refractivity contribution in [3.63, 3.8) is 0 Å². The third kappa shape index (κ3) is 5.59. The zero-order valence-electron chi connectivity index (χ0n) is 9.29. The van der Waals surface area contributed by atoms with Gasteiger partial charge in [-0.2, -0.15) is 0 Å². The van der Waals surface area contributed by atoms with Gasteiger partial charge in [0.15, 0.2) is 0 Å². The Kier molecular flexibility index (Phi) is 6.37. The molecule has 3 heteroatoms. The zero-order valence-corrected chi connectivity index (χ0v) is 11.7. The first kappa shape index (κ1) is 13.1. The predicted octanol–water partition coefficient (Wildman–Crippen LogP) is 3.93. The van der Waals surface area contributed by atoms with Crippen LogP contribution in [0.25, 0.3) is 0 Å². The molecule has 0 bridgehead atoms. The first-order valence-electron chi connectivity index (χ1n) is 5.31. The monoisotopic (exact) mass is 287 g/mol. The highest BCUT2D eigenvalue weighted by atomic mass is 79.9. The second kappa shape index (κ2) is 7.31. The van der Waals surface area contributed by atoms with Crippen LogP contribution >= 0.6 is 27.7 Å². The SMILES string of the molecule is CC(C)NCCCSc1ccccc1Br. The third-order valence-corrected chi connectivity index (χ3v) is 4.08. The van der Waals surface area contributed by atoms with Gasteiger partial charge >= 0.3 is 0 Å². The Morgan fingerprint density at radius 2 is 2.07 bits per heavy atom. The van der Waals surface area contributed by atoms with Gasteiger partial charge in [0.2, 0.25) is 0 Å². The summed E-state index contributed by atoms with van der Waals surface area (Å²) in [6.07, 6.45) is 1.21. The molecule has 0 unspecified atom stereocenters. The second-order valence-electron chi connectivity index (χ2n) is 3.74. The summed E-state index contributed by atoms with van der Waals surface area (Å²) in [4.78, 5) is 1.34. The molecule has 0 atom stereocenters. The molecule has 0 amide bonds. The van der Waals surface area contributed by atoms with Gasteiger partial charge in [-0.3, -0.25) is 0 Å². The van der Waals surface area contributed by atoms with E-state index in [0.717, 1.165) is 6.54 Å². The Hall–Kier alpha value is 0.01000. The smallest absolute Gasteiger partial charge is 0.0311 e. The van der Waals surface area contributed by atoms with Crippen molar-refractivity contribution < 1.29 is 0 Å². The maximum absolute atomic E-state index is 3.55. The average Bonchev–Trinajstić information content (AvgIpc) is 2.20. The van der Waals surface area contributed by atoms with E-state index in [1.54, 1.807) is 0 Å². The topological polar surface area (TPSA) is 12.0 Å². The van der Waals surface area contributed by atoms with Crippen LogP contribution in [0.2, 0.25) is 0 Å². The largest absolute Gasteiger partial charge is 0.315 e. The fraction of sp³-hybridized carbons (Fsp3) is 0.500. The summed E-state index contributed by atoms with van der Waals surface area (Å²) in [5.41, 5.74) is 0. The Balaban J connectivity index is 2.18. The molecule has 1 aromatic rings. The van der Waals surface area contributed by atoms with Crippen molar-refractivity contribution in [2.75, 3.05) is 12.3 Å². The maximum atomic E-state index is 3.55. The number of nitrogens with one attached hydrogen (secondary N) is 1. The van der Waals surface area contributed by atoms with Crippen molar-refractivity contribution in [3.05, 3.63) is 28.7 Å². The second-order valence-corrected chi connectivity index (χ2v) is 5.73. The van der Waals surface area contributed by atoms with Gasteiger partial charge in [0.05, 0.1) is 0 Å². The number of benzene rings is 1. The molecule has 0 heterocycles. The van der Waals surface area contributed by atoms with Gasteiger partial charge < -0.3 is 5.32 Å². The number of hydrogen-bond donors (Lipinski definition) is 1. The summed E-state index contributed by atoms with van der Waals surface area (Å²) in [5, 5.41) is 3.42. The van der Waals surface area contributed by atoms with Crippen molar-refractivity contribution in [1.29, 1.82) is 0 Å². The fourth-order valence-corrected chi connectivity index (χ4v) is 2.72. The zero-order chi connectivity index (χ0) is 11.1. The predicted molar refractivity (Wildman–Crippen MR) is 72.6 cm³/mol. The molecule has 1 aromatic carbocycles. The number of rotatable bonds is 6. The van der Waals surface area contributed by atoms with Crippen LogP contribution in [0.3, 0.4) is 0 Å². The van der Waals surface area contributed by atoms with Crippen LogP contribution in [0.15, 0.2) is 33.6 Å². The maximum Gasteiger partial charge on any atom is 0.0311 e. The van der Waals surface area contributed by atoms with Crippen molar-refractivity contribution >= 4 is 27.7 Å². The van der Waals surface area contributed by atoms with Crippen LogP contribution in [0.1, 0.15) is 20.3 Å². The van der Waals surface area contributed by atoms with Crippen molar-refractivity contribution in [1.82, 2.24) is 5.32 Å². The lowest BCUT2D eigenvalue weighted by Crippen LogP contribution is -2.23. The minimum absolute atomic E-state index is 0.596. The van der Waals surface area contributed by atoms with E-state index in [0.29, 0.717) is 6.04 Å². The fourth-order valence-electron chi connectivity index (χ4n) is 1.21. The van der Waals surface area contributed by atoms with Crippen LogP contribution in [0.5, 0.6) is 0 Å². The Morgan fingerprint density at radius 3 is 2.73 bits per heavy atom. The van der Waals surface area contributed by atoms with Crippen LogP contribution in [-0.4, -0.2) is 18.3 Å². The van der Waals surface area contributed by atoms with Crippen LogP contribution < -0.4 is 5.32 Å². The lowest BCUT2D eigenvalue weighted by molar-refractivity contribution is 0.586. The Bertz CT molecular complexity index is 289. The van der Waals surface area contributed by atoms with Crippen LogP contribution in [0.4, 0.5) is 0 Å². The van der Waals surface area contributed by atoms with Gasteiger partial charge in [0, 0.05) is 15.4 Å². The Labute approximate surface area is 105 Å².